The van der Waals surface area contributed by atoms with Crippen LogP contribution in [0.1, 0.15) is 46.5 Å². The molecule has 2 aliphatic rings. The predicted octanol–water partition coefficient (Wildman–Crippen LogP) is 2.00. The maximum absolute atomic E-state index is 3.67. The molecule has 0 spiro atoms. The van der Waals surface area contributed by atoms with Crippen LogP contribution >= 0.6 is 0 Å². The highest BCUT2D eigenvalue weighted by Crippen LogP contribution is 2.26. The van der Waals surface area contributed by atoms with E-state index in [1.54, 1.807) is 0 Å². The summed E-state index contributed by atoms with van der Waals surface area (Å²) in [4.78, 5) is 2.72. The van der Waals surface area contributed by atoms with Gasteiger partial charge in [0.05, 0.1) is 0 Å². The molecule has 14 heavy (non-hydrogen) atoms. The van der Waals surface area contributed by atoms with Crippen LogP contribution in [-0.2, 0) is 0 Å². The Balaban J connectivity index is 1.97. The second-order valence-corrected chi connectivity index (χ2v) is 5.80. The van der Waals surface area contributed by atoms with Gasteiger partial charge in [-0.2, -0.15) is 0 Å². The molecular formula is C12H24N2. The quantitative estimate of drug-likeness (QED) is 0.690. The molecule has 2 heteroatoms. The van der Waals surface area contributed by atoms with E-state index in [-0.39, 0.29) is 0 Å². The third kappa shape index (κ3) is 2.29. The van der Waals surface area contributed by atoms with Crippen LogP contribution in [0, 0.1) is 0 Å². The van der Waals surface area contributed by atoms with Gasteiger partial charge >= 0.3 is 0 Å². The van der Waals surface area contributed by atoms with Crippen molar-refractivity contribution in [1.29, 1.82) is 0 Å². The van der Waals surface area contributed by atoms with Crippen molar-refractivity contribution in [2.45, 2.75) is 64.1 Å². The average Bonchev–Trinajstić information content (AvgIpc) is 2.51. The summed E-state index contributed by atoms with van der Waals surface area (Å²) in [6, 6.07) is 1.54. The molecule has 1 saturated carbocycles. The fourth-order valence-corrected chi connectivity index (χ4v) is 3.23. The number of hydrogen-bond donors (Lipinski definition) is 1. The summed E-state index contributed by atoms with van der Waals surface area (Å²) in [6.45, 7) is 9.42. The third-order valence-corrected chi connectivity index (χ3v) is 3.58. The van der Waals surface area contributed by atoms with Gasteiger partial charge in [0.25, 0.3) is 0 Å². The molecule has 2 rings (SSSR count). The van der Waals surface area contributed by atoms with Gasteiger partial charge in [-0.15, -0.1) is 0 Å². The molecule has 1 saturated heterocycles. The van der Waals surface area contributed by atoms with Gasteiger partial charge in [0, 0.05) is 30.7 Å². The van der Waals surface area contributed by atoms with Crippen LogP contribution in [0.3, 0.4) is 0 Å². The number of rotatable bonds is 1. The maximum atomic E-state index is 3.67. The van der Waals surface area contributed by atoms with Gasteiger partial charge in [0.2, 0.25) is 0 Å². The molecule has 2 fully saturated rings. The lowest BCUT2D eigenvalue weighted by atomic mass is 9.97. The standard InChI is InChI=1S/C12H24N2/c1-10-8-14(9-12(2,3)13-10)11-6-4-5-7-11/h10-11,13H,4-9H2,1-3H3. The van der Waals surface area contributed by atoms with Gasteiger partial charge in [-0.1, -0.05) is 12.8 Å². The second kappa shape index (κ2) is 3.82. The second-order valence-electron chi connectivity index (χ2n) is 5.80. The zero-order valence-electron chi connectivity index (χ0n) is 9.84. The van der Waals surface area contributed by atoms with Gasteiger partial charge < -0.3 is 5.32 Å². The van der Waals surface area contributed by atoms with Crippen LogP contribution in [0.5, 0.6) is 0 Å². The molecule has 1 N–H and O–H groups in total. The van der Waals surface area contributed by atoms with Crippen molar-refractivity contribution in [2.24, 2.45) is 0 Å². The fraction of sp³-hybridized carbons (Fsp3) is 1.00. The monoisotopic (exact) mass is 196 g/mol. The van der Waals surface area contributed by atoms with Crippen molar-refractivity contribution in [3.05, 3.63) is 0 Å². The van der Waals surface area contributed by atoms with Gasteiger partial charge in [-0.05, 0) is 33.6 Å². The molecule has 1 aliphatic heterocycles. The average molecular weight is 196 g/mol. The van der Waals surface area contributed by atoms with E-state index in [1.807, 2.05) is 0 Å². The van der Waals surface area contributed by atoms with Crippen LogP contribution in [-0.4, -0.2) is 35.6 Å². The highest BCUT2D eigenvalue weighted by molar-refractivity contribution is 4.94. The molecule has 0 radical (unpaired) electrons. The molecule has 82 valence electrons. The van der Waals surface area contributed by atoms with E-state index >= 15 is 0 Å². The zero-order chi connectivity index (χ0) is 10.2. The van der Waals surface area contributed by atoms with Gasteiger partial charge in [-0.25, -0.2) is 0 Å². The molecule has 0 amide bonds. The molecule has 0 aromatic carbocycles. The lowest BCUT2D eigenvalue weighted by Crippen LogP contribution is -2.62. The lowest BCUT2D eigenvalue weighted by Gasteiger charge is -2.45. The summed E-state index contributed by atoms with van der Waals surface area (Å²) in [7, 11) is 0. The van der Waals surface area contributed by atoms with Crippen LogP contribution in [0.4, 0.5) is 0 Å². The Bertz CT molecular complexity index is 194. The van der Waals surface area contributed by atoms with Crippen molar-refractivity contribution in [3.63, 3.8) is 0 Å². The van der Waals surface area contributed by atoms with E-state index < -0.39 is 0 Å². The molecule has 1 aliphatic carbocycles. The van der Waals surface area contributed by atoms with E-state index in [1.165, 1.54) is 38.8 Å². The van der Waals surface area contributed by atoms with Crippen LogP contribution < -0.4 is 5.32 Å². The van der Waals surface area contributed by atoms with Crippen LogP contribution in [0.15, 0.2) is 0 Å². The maximum Gasteiger partial charge on any atom is 0.0255 e. The van der Waals surface area contributed by atoms with Gasteiger partial charge in [0.15, 0.2) is 0 Å². The van der Waals surface area contributed by atoms with E-state index in [0.29, 0.717) is 11.6 Å². The summed E-state index contributed by atoms with van der Waals surface area (Å²) in [6.07, 6.45) is 5.76. The van der Waals surface area contributed by atoms with Crippen molar-refractivity contribution in [3.8, 4) is 0 Å². The topological polar surface area (TPSA) is 15.3 Å². The Morgan fingerprint density at radius 2 is 1.86 bits per heavy atom. The van der Waals surface area contributed by atoms with Gasteiger partial charge in [0.1, 0.15) is 0 Å². The molecule has 0 aromatic rings. The normalized spacial score (nSPS) is 34.9. The first-order valence-electron chi connectivity index (χ1n) is 6.08. The number of nitrogens with zero attached hydrogens (tertiary/aromatic N) is 1. The highest BCUT2D eigenvalue weighted by Gasteiger charge is 2.34. The smallest absolute Gasteiger partial charge is 0.0255 e. The highest BCUT2D eigenvalue weighted by atomic mass is 15.3. The molecule has 1 unspecified atom stereocenters. The van der Waals surface area contributed by atoms with E-state index in [9.17, 15) is 0 Å². The summed E-state index contributed by atoms with van der Waals surface area (Å²) in [5.74, 6) is 0. The van der Waals surface area contributed by atoms with E-state index in [2.05, 4.69) is 31.0 Å². The molecular weight excluding hydrogens is 172 g/mol. The fourth-order valence-electron chi connectivity index (χ4n) is 3.23. The number of piperazine rings is 1. The first kappa shape index (κ1) is 10.4. The molecule has 0 bridgehead atoms. The van der Waals surface area contributed by atoms with E-state index in [4.69, 9.17) is 0 Å². The Morgan fingerprint density at radius 3 is 2.43 bits per heavy atom. The first-order chi connectivity index (χ1) is 6.57. The van der Waals surface area contributed by atoms with Crippen LogP contribution in [0.25, 0.3) is 0 Å². The SMILES string of the molecule is CC1CN(C2CCCC2)CC(C)(C)N1. The predicted molar refractivity (Wildman–Crippen MR) is 60.5 cm³/mol. The Kier molecular flexibility index (Phi) is 2.85. The van der Waals surface area contributed by atoms with Crippen molar-refractivity contribution in [1.82, 2.24) is 10.2 Å². The van der Waals surface area contributed by atoms with Crippen molar-refractivity contribution in [2.75, 3.05) is 13.1 Å². The third-order valence-electron chi connectivity index (χ3n) is 3.58. The van der Waals surface area contributed by atoms with Gasteiger partial charge in [-0.3, -0.25) is 4.90 Å². The van der Waals surface area contributed by atoms with Crippen LogP contribution in [0.2, 0.25) is 0 Å². The summed E-state index contributed by atoms with van der Waals surface area (Å²) in [5, 5.41) is 3.67. The largest absolute Gasteiger partial charge is 0.307 e. The summed E-state index contributed by atoms with van der Waals surface area (Å²) >= 11 is 0. The minimum Gasteiger partial charge on any atom is -0.307 e. The Hall–Kier alpha value is -0.0800. The summed E-state index contributed by atoms with van der Waals surface area (Å²) < 4.78 is 0. The van der Waals surface area contributed by atoms with Crippen molar-refractivity contribution < 1.29 is 0 Å². The minimum absolute atomic E-state index is 0.306. The Morgan fingerprint density at radius 1 is 1.21 bits per heavy atom. The molecule has 2 nitrogen and oxygen atoms in total. The summed E-state index contributed by atoms with van der Waals surface area (Å²) in [5.41, 5.74) is 0.306. The number of nitrogens with one attached hydrogen (secondary N) is 1. The number of hydrogen-bond acceptors (Lipinski definition) is 2. The molecule has 0 aromatic heterocycles. The zero-order valence-corrected chi connectivity index (χ0v) is 9.84. The van der Waals surface area contributed by atoms with Crippen molar-refractivity contribution >= 4 is 0 Å². The molecule has 1 atom stereocenters. The lowest BCUT2D eigenvalue weighted by molar-refractivity contribution is 0.0854. The first-order valence-corrected chi connectivity index (χ1v) is 6.08. The van der Waals surface area contributed by atoms with E-state index in [0.717, 1.165) is 6.04 Å². The minimum atomic E-state index is 0.306. The molecule has 1 heterocycles. The Labute approximate surface area is 88.1 Å².